The molecule has 1 amide bonds. The average Bonchev–Trinajstić information content (AvgIpc) is 3.47. The van der Waals surface area contributed by atoms with Gasteiger partial charge in [0.1, 0.15) is 46.9 Å². The van der Waals surface area contributed by atoms with Crippen LogP contribution in [-0.2, 0) is 41.7 Å². The summed E-state index contributed by atoms with van der Waals surface area (Å²) in [5.74, 6) is 1.47. The minimum Gasteiger partial charge on any atom is -0.497 e. The highest BCUT2D eigenvalue weighted by atomic mass is 32.2. The van der Waals surface area contributed by atoms with E-state index in [0.29, 0.717) is 18.4 Å². The number of rotatable bonds is 15. The van der Waals surface area contributed by atoms with Crippen LogP contribution in [-0.4, -0.2) is 91.8 Å². The number of amidine groups is 1. The predicted molar refractivity (Wildman–Crippen MR) is 175 cm³/mol. The monoisotopic (exact) mass is 658 g/mol. The number of fused-ring (bicyclic) bond motifs is 1. The Bertz CT molecular complexity index is 1280. The van der Waals surface area contributed by atoms with Crippen LogP contribution in [0.4, 0.5) is 4.79 Å². The van der Waals surface area contributed by atoms with Gasteiger partial charge in [0.2, 0.25) is 0 Å². The van der Waals surface area contributed by atoms with Crippen molar-refractivity contribution in [1.29, 1.82) is 0 Å². The Morgan fingerprint density at radius 1 is 0.935 bits per heavy atom. The second-order valence-electron chi connectivity index (χ2n) is 12.0. The van der Waals surface area contributed by atoms with Gasteiger partial charge >= 0.3 is 6.09 Å². The van der Waals surface area contributed by atoms with E-state index >= 15 is 0 Å². The summed E-state index contributed by atoms with van der Waals surface area (Å²) in [5.41, 5.74) is 0.511. The van der Waals surface area contributed by atoms with Crippen molar-refractivity contribution in [3.63, 3.8) is 0 Å². The van der Waals surface area contributed by atoms with Gasteiger partial charge in [0.15, 0.2) is 11.5 Å². The van der Waals surface area contributed by atoms with Gasteiger partial charge in [-0.3, -0.25) is 9.89 Å². The summed E-state index contributed by atoms with van der Waals surface area (Å²) in [5, 5.41) is 0.418. The van der Waals surface area contributed by atoms with Gasteiger partial charge in [-0.2, -0.15) is 0 Å². The molecule has 2 aliphatic rings. The lowest BCUT2D eigenvalue weighted by atomic mass is 9.98. The zero-order valence-corrected chi connectivity index (χ0v) is 28.3. The lowest BCUT2D eigenvalue weighted by Crippen LogP contribution is -2.57. The number of nitrogens with zero attached hydrogens (tertiary/aromatic N) is 2. The first-order chi connectivity index (χ1) is 22.1. The van der Waals surface area contributed by atoms with E-state index in [1.165, 1.54) is 16.7 Å². The fourth-order valence-corrected chi connectivity index (χ4v) is 6.11. The number of hydrogen-bond acceptors (Lipinski definition) is 11. The Morgan fingerprint density at radius 2 is 1.52 bits per heavy atom. The number of unbranched alkanes of at least 4 members (excludes halogenated alkanes) is 1. The van der Waals surface area contributed by atoms with Crippen LogP contribution in [0.1, 0.15) is 51.7 Å². The van der Waals surface area contributed by atoms with E-state index in [9.17, 15) is 9.59 Å². The molecule has 0 N–H and O–H groups in total. The third kappa shape index (κ3) is 9.92. The second kappa shape index (κ2) is 17.1. The highest BCUT2D eigenvalue weighted by Gasteiger charge is 2.52. The summed E-state index contributed by atoms with van der Waals surface area (Å²) >= 11 is 1.27. The summed E-state index contributed by atoms with van der Waals surface area (Å²) in [6.45, 7) is 9.15. The molecule has 12 heteroatoms. The van der Waals surface area contributed by atoms with Gasteiger partial charge in [0, 0.05) is 6.61 Å². The molecule has 0 bridgehead atoms. The van der Waals surface area contributed by atoms with Crippen molar-refractivity contribution in [3.8, 4) is 11.5 Å². The van der Waals surface area contributed by atoms with Crippen LogP contribution in [0.2, 0.25) is 0 Å². The molecule has 0 unspecified atom stereocenters. The summed E-state index contributed by atoms with van der Waals surface area (Å²) in [6, 6.07) is 14.5. The minimum absolute atomic E-state index is 0.213. The molecule has 2 aromatic carbocycles. The van der Waals surface area contributed by atoms with E-state index < -0.39 is 41.5 Å². The Labute approximate surface area is 275 Å². The van der Waals surface area contributed by atoms with Gasteiger partial charge < -0.3 is 38.0 Å². The largest absolute Gasteiger partial charge is 0.497 e. The number of aliphatic imine (C=N–C) groups is 1. The molecule has 2 aromatic rings. The van der Waals surface area contributed by atoms with Gasteiger partial charge in [-0.25, -0.2) is 4.79 Å². The van der Waals surface area contributed by atoms with Gasteiger partial charge in [-0.1, -0.05) is 49.4 Å². The topological polar surface area (TPSA) is 114 Å². The van der Waals surface area contributed by atoms with Crippen molar-refractivity contribution >= 4 is 29.3 Å². The molecule has 4 rings (SSSR count). The number of ether oxygens (including phenoxy) is 7. The molecule has 0 radical (unpaired) electrons. The zero-order chi connectivity index (χ0) is 33.1. The Balaban J connectivity index is 1.60. The third-order valence-corrected chi connectivity index (χ3v) is 8.48. The standard InChI is InChI=1S/C34H46N2O9S/c1-7-8-18-41-19-17-36(33(38)45-34(2,3)4)32-35-28-30(43-22-24-11-15-26(40-6)16-12-24)29(27(20-37)44-31(28)46-32)42-21-23-9-13-25(39-5)14-10-23/h9-16,20,27-31H,7-8,17-19,21-22H2,1-6H3/t27-,28-,29-,30-,31-/m1/s1. The molecule has 11 nitrogen and oxygen atoms in total. The second-order valence-corrected chi connectivity index (χ2v) is 13.0. The van der Waals surface area contributed by atoms with Crippen LogP contribution in [0, 0.1) is 0 Å². The Kier molecular flexibility index (Phi) is 13.3. The van der Waals surface area contributed by atoms with Crippen molar-refractivity contribution < 1.29 is 42.7 Å². The third-order valence-electron chi connectivity index (χ3n) is 7.32. The van der Waals surface area contributed by atoms with Crippen molar-refractivity contribution in [2.45, 2.75) is 89.1 Å². The molecular weight excluding hydrogens is 612 g/mol. The van der Waals surface area contributed by atoms with Crippen LogP contribution in [0.15, 0.2) is 53.5 Å². The van der Waals surface area contributed by atoms with Gasteiger partial charge in [0.25, 0.3) is 0 Å². The molecule has 1 fully saturated rings. The van der Waals surface area contributed by atoms with Crippen molar-refractivity contribution in [3.05, 3.63) is 59.7 Å². The maximum atomic E-state index is 13.4. The average molecular weight is 659 g/mol. The highest BCUT2D eigenvalue weighted by Crippen LogP contribution is 2.40. The zero-order valence-electron chi connectivity index (χ0n) is 27.5. The fourth-order valence-electron chi connectivity index (χ4n) is 4.88. The van der Waals surface area contributed by atoms with Gasteiger partial charge in [-0.05, 0) is 62.6 Å². The quantitative estimate of drug-likeness (QED) is 0.176. The molecule has 252 valence electrons. The van der Waals surface area contributed by atoms with Gasteiger partial charge in [0.05, 0.1) is 40.6 Å². The number of carbonyl (C=O) groups is 2. The first-order valence-corrected chi connectivity index (χ1v) is 16.5. The number of amides is 1. The van der Waals surface area contributed by atoms with Crippen LogP contribution >= 0.6 is 11.8 Å². The number of benzene rings is 2. The van der Waals surface area contributed by atoms with E-state index in [0.717, 1.165) is 41.8 Å². The minimum atomic E-state index is -0.922. The van der Waals surface area contributed by atoms with Crippen LogP contribution in [0.3, 0.4) is 0 Å². The molecule has 2 heterocycles. The molecule has 5 atom stereocenters. The lowest BCUT2D eigenvalue weighted by Gasteiger charge is -2.40. The van der Waals surface area contributed by atoms with E-state index in [2.05, 4.69) is 6.92 Å². The molecule has 0 aromatic heterocycles. The first-order valence-electron chi connectivity index (χ1n) is 15.6. The summed E-state index contributed by atoms with van der Waals surface area (Å²) in [7, 11) is 3.22. The van der Waals surface area contributed by atoms with E-state index in [4.69, 9.17) is 38.2 Å². The summed E-state index contributed by atoms with van der Waals surface area (Å²) in [4.78, 5) is 32.2. The van der Waals surface area contributed by atoms with Crippen molar-refractivity contribution in [2.24, 2.45) is 4.99 Å². The normalized spacial score (nSPS) is 22.5. The van der Waals surface area contributed by atoms with E-state index in [1.807, 2.05) is 69.3 Å². The molecule has 46 heavy (non-hydrogen) atoms. The molecule has 2 aliphatic heterocycles. The number of carbonyl (C=O) groups excluding carboxylic acids is 2. The number of methoxy groups -OCH3 is 2. The van der Waals surface area contributed by atoms with E-state index in [1.54, 1.807) is 14.2 Å². The first kappa shape index (κ1) is 35.7. The SMILES string of the molecule is CCCCOCCN(C(=O)OC(C)(C)C)C1=N[C@@H]2[C@@H](OCc3ccc(OC)cc3)[C@H](OCc3ccc(OC)cc3)[C@@H](C=O)O[C@@H]2S1. The maximum Gasteiger partial charge on any atom is 0.416 e. The summed E-state index contributed by atoms with van der Waals surface area (Å²) in [6.07, 6.45) is -0.212. The van der Waals surface area contributed by atoms with Crippen molar-refractivity contribution in [2.75, 3.05) is 34.0 Å². The molecule has 0 aliphatic carbocycles. The highest BCUT2D eigenvalue weighted by molar-refractivity contribution is 8.14. The predicted octanol–water partition coefficient (Wildman–Crippen LogP) is 5.62. The molecule has 0 saturated carbocycles. The molecule has 1 saturated heterocycles. The molecular formula is C34H46N2O9S. The molecule has 0 spiro atoms. The van der Waals surface area contributed by atoms with Crippen LogP contribution in [0.5, 0.6) is 11.5 Å². The number of hydrogen-bond donors (Lipinski definition) is 0. The van der Waals surface area contributed by atoms with E-state index in [-0.39, 0.29) is 19.8 Å². The van der Waals surface area contributed by atoms with Crippen LogP contribution < -0.4 is 9.47 Å². The fraction of sp³-hybridized carbons (Fsp3) is 0.559. The maximum absolute atomic E-state index is 13.4. The Hall–Kier alpha value is -3.16. The number of thioether (sulfide) groups is 1. The van der Waals surface area contributed by atoms with Crippen molar-refractivity contribution in [1.82, 2.24) is 4.90 Å². The van der Waals surface area contributed by atoms with Gasteiger partial charge in [-0.15, -0.1) is 0 Å². The smallest absolute Gasteiger partial charge is 0.416 e. The van der Waals surface area contributed by atoms with Crippen LogP contribution in [0.25, 0.3) is 0 Å². The Morgan fingerprint density at radius 3 is 2.04 bits per heavy atom. The number of aldehydes is 1. The lowest BCUT2D eigenvalue weighted by molar-refractivity contribution is -0.193. The summed E-state index contributed by atoms with van der Waals surface area (Å²) < 4.78 is 41.2.